The van der Waals surface area contributed by atoms with Crippen molar-refractivity contribution in [3.8, 4) is 11.5 Å². The van der Waals surface area contributed by atoms with Crippen LogP contribution in [0.15, 0.2) is 5.11 Å². The van der Waals surface area contributed by atoms with E-state index in [1.54, 1.807) is 34.6 Å². The average Bonchev–Trinajstić information content (AvgIpc) is 2.39. The minimum Gasteiger partial charge on any atom is -0.460 e. The standard InChI is InChI=1S/C17H29N3O4Si/c1-16(2,3)24-14(21)13(19-20-18)12-17(4,5)15(22)23-10-9-11-25(6,7)8/h13H,10,12H2,1-8H3. The number of ether oxygens (including phenoxy) is 2. The largest absolute Gasteiger partial charge is 0.460 e. The molecule has 0 aromatic heterocycles. The molecule has 0 heterocycles. The molecule has 0 rings (SSSR count). The summed E-state index contributed by atoms with van der Waals surface area (Å²) in [6.45, 7) is 14.7. The minimum absolute atomic E-state index is 0.00511. The molecule has 0 fully saturated rings. The molecular weight excluding hydrogens is 338 g/mol. The van der Waals surface area contributed by atoms with Crippen molar-refractivity contribution in [2.75, 3.05) is 6.61 Å². The lowest BCUT2D eigenvalue weighted by Gasteiger charge is -2.27. The maximum absolute atomic E-state index is 12.3. The van der Waals surface area contributed by atoms with Gasteiger partial charge in [-0.25, -0.2) is 0 Å². The van der Waals surface area contributed by atoms with Gasteiger partial charge < -0.3 is 9.47 Å². The summed E-state index contributed by atoms with van der Waals surface area (Å²) in [5.74, 6) is 1.69. The molecule has 25 heavy (non-hydrogen) atoms. The lowest BCUT2D eigenvalue weighted by molar-refractivity contribution is -0.159. The van der Waals surface area contributed by atoms with Gasteiger partial charge in [0.1, 0.15) is 19.7 Å². The fraction of sp³-hybridized carbons (Fsp3) is 0.765. The molecule has 140 valence electrons. The number of carbonyl (C=O) groups excluding carboxylic acids is 2. The van der Waals surface area contributed by atoms with E-state index in [2.05, 4.69) is 41.1 Å². The topological polar surface area (TPSA) is 101 Å². The number of azide groups is 1. The van der Waals surface area contributed by atoms with Crippen LogP contribution in [0.2, 0.25) is 19.6 Å². The smallest absolute Gasteiger partial charge is 0.315 e. The minimum atomic E-state index is -1.52. The SMILES string of the molecule is CC(C)(C)OC(=O)C(CC(C)(C)C(=O)OCC#C[Si](C)(C)C)N=[N+]=[N-]. The van der Waals surface area contributed by atoms with Gasteiger partial charge in [-0.05, 0) is 46.6 Å². The first-order chi connectivity index (χ1) is 11.2. The van der Waals surface area contributed by atoms with Crippen LogP contribution < -0.4 is 0 Å². The molecule has 0 aromatic carbocycles. The average molecular weight is 368 g/mol. The third-order valence-electron chi connectivity index (χ3n) is 2.86. The molecular formula is C17H29N3O4Si. The number of nitrogens with zero attached hydrogens (tertiary/aromatic N) is 3. The Kier molecular flexibility index (Phi) is 8.22. The van der Waals surface area contributed by atoms with Crippen LogP contribution in [0.4, 0.5) is 0 Å². The Morgan fingerprint density at radius 1 is 1.20 bits per heavy atom. The summed E-state index contributed by atoms with van der Waals surface area (Å²) in [7, 11) is -1.52. The van der Waals surface area contributed by atoms with Crippen molar-refractivity contribution in [3.63, 3.8) is 0 Å². The van der Waals surface area contributed by atoms with Crippen LogP contribution in [-0.2, 0) is 19.1 Å². The Labute approximate surface area is 151 Å². The van der Waals surface area contributed by atoms with E-state index in [-0.39, 0.29) is 13.0 Å². The fourth-order valence-electron chi connectivity index (χ4n) is 1.77. The van der Waals surface area contributed by atoms with Gasteiger partial charge in [-0.1, -0.05) is 30.7 Å². The molecule has 0 aliphatic heterocycles. The highest BCUT2D eigenvalue weighted by Crippen LogP contribution is 2.27. The molecule has 0 spiro atoms. The van der Waals surface area contributed by atoms with E-state index in [0.717, 1.165) is 0 Å². The summed E-state index contributed by atoms with van der Waals surface area (Å²) in [5.41, 5.74) is 10.1. The summed E-state index contributed by atoms with van der Waals surface area (Å²) in [5, 5.41) is 3.48. The van der Waals surface area contributed by atoms with E-state index in [0.29, 0.717) is 0 Å². The molecule has 7 nitrogen and oxygen atoms in total. The lowest BCUT2D eigenvalue weighted by atomic mass is 9.86. The quantitative estimate of drug-likeness (QED) is 0.178. The summed E-state index contributed by atoms with van der Waals surface area (Å²) in [6, 6.07) is -1.10. The highest BCUT2D eigenvalue weighted by molar-refractivity contribution is 6.83. The Morgan fingerprint density at radius 2 is 1.76 bits per heavy atom. The number of esters is 2. The highest BCUT2D eigenvalue weighted by Gasteiger charge is 2.36. The monoisotopic (exact) mass is 367 g/mol. The number of rotatable bonds is 6. The molecule has 1 atom stereocenters. The number of hydrogen-bond acceptors (Lipinski definition) is 5. The number of carbonyl (C=O) groups is 2. The van der Waals surface area contributed by atoms with Crippen molar-refractivity contribution in [3.05, 3.63) is 10.4 Å². The van der Waals surface area contributed by atoms with Gasteiger partial charge in [0.25, 0.3) is 0 Å². The Morgan fingerprint density at radius 3 is 2.20 bits per heavy atom. The zero-order valence-electron chi connectivity index (χ0n) is 16.5. The van der Waals surface area contributed by atoms with Crippen molar-refractivity contribution < 1.29 is 19.1 Å². The number of hydrogen-bond donors (Lipinski definition) is 0. The van der Waals surface area contributed by atoms with E-state index >= 15 is 0 Å². The van der Waals surface area contributed by atoms with Gasteiger partial charge in [0.2, 0.25) is 0 Å². The summed E-state index contributed by atoms with van der Waals surface area (Å²) >= 11 is 0. The van der Waals surface area contributed by atoms with E-state index in [4.69, 9.17) is 15.0 Å². The molecule has 8 heteroatoms. The van der Waals surface area contributed by atoms with Gasteiger partial charge >= 0.3 is 11.9 Å². The second-order valence-electron chi connectivity index (χ2n) is 8.47. The Hall–Kier alpha value is -1.97. The Balaban J connectivity index is 4.96. The van der Waals surface area contributed by atoms with E-state index < -0.39 is 37.1 Å². The maximum Gasteiger partial charge on any atom is 0.315 e. The van der Waals surface area contributed by atoms with E-state index in [9.17, 15) is 9.59 Å². The second-order valence-corrected chi connectivity index (χ2v) is 13.2. The first kappa shape index (κ1) is 23.0. The van der Waals surface area contributed by atoms with Crippen LogP contribution in [0.3, 0.4) is 0 Å². The zero-order valence-corrected chi connectivity index (χ0v) is 17.5. The Bertz CT molecular complexity index is 600. The zero-order chi connectivity index (χ0) is 19.9. The summed E-state index contributed by atoms with van der Waals surface area (Å²) in [6.07, 6.45) is -0.00768. The third kappa shape index (κ3) is 10.5. The molecule has 0 amide bonds. The van der Waals surface area contributed by atoms with Crippen molar-refractivity contribution in [2.45, 2.75) is 72.3 Å². The van der Waals surface area contributed by atoms with Gasteiger partial charge in [0, 0.05) is 4.91 Å². The molecule has 0 saturated heterocycles. The molecule has 0 bridgehead atoms. The predicted octanol–water partition coefficient (Wildman–Crippen LogP) is 3.85. The predicted molar refractivity (Wildman–Crippen MR) is 99.3 cm³/mol. The van der Waals surface area contributed by atoms with Crippen LogP contribution in [-0.4, -0.2) is 38.3 Å². The van der Waals surface area contributed by atoms with Crippen LogP contribution in [0, 0.1) is 16.9 Å². The molecule has 0 N–H and O–H groups in total. The van der Waals surface area contributed by atoms with Gasteiger partial charge in [-0.2, -0.15) is 0 Å². The second kappa shape index (κ2) is 8.93. The van der Waals surface area contributed by atoms with Crippen molar-refractivity contribution >= 4 is 20.0 Å². The van der Waals surface area contributed by atoms with Gasteiger partial charge in [-0.15, -0.1) is 5.54 Å². The molecule has 0 aromatic rings. The van der Waals surface area contributed by atoms with Gasteiger partial charge in [0.15, 0.2) is 6.61 Å². The molecule has 0 saturated carbocycles. The van der Waals surface area contributed by atoms with Gasteiger partial charge in [0.05, 0.1) is 5.41 Å². The van der Waals surface area contributed by atoms with Gasteiger partial charge in [-0.3, -0.25) is 9.59 Å². The van der Waals surface area contributed by atoms with Crippen LogP contribution in [0.25, 0.3) is 10.4 Å². The third-order valence-corrected chi connectivity index (χ3v) is 3.79. The lowest BCUT2D eigenvalue weighted by Crippen LogP contribution is -2.37. The normalized spacial score (nSPS) is 13.0. The van der Waals surface area contributed by atoms with E-state index in [1.165, 1.54) is 0 Å². The van der Waals surface area contributed by atoms with Crippen LogP contribution >= 0.6 is 0 Å². The van der Waals surface area contributed by atoms with Crippen molar-refractivity contribution in [1.29, 1.82) is 0 Å². The molecule has 0 radical (unpaired) electrons. The molecule has 1 unspecified atom stereocenters. The highest BCUT2D eigenvalue weighted by atomic mass is 28.3. The fourth-order valence-corrected chi connectivity index (χ4v) is 2.37. The first-order valence-corrected chi connectivity index (χ1v) is 11.6. The van der Waals surface area contributed by atoms with Crippen LogP contribution in [0.1, 0.15) is 41.0 Å². The maximum atomic E-state index is 12.3. The van der Waals surface area contributed by atoms with E-state index in [1.807, 2.05) is 0 Å². The van der Waals surface area contributed by atoms with Crippen LogP contribution in [0.5, 0.6) is 0 Å². The first-order valence-electron chi connectivity index (χ1n) is 8.12. The molecule has 0 aliphatic rings. The van der Waals surface area contributed by atoms with Crippen molar-refractivity contribution in [1.82, 2.24) is 0 Å². The molecule has 0 aliphatic carbocycles. The summed E-state index contributed by atoms with van der Waals surface area (Å²) < 4.78 is 10.4. The van der Waals surface area contributed by atoms with Crippen molar-refractivity contribution in [2.24, 2.45) is 10.5 Å². The summed E-state index contributed by atoms with van der Waals surface area (Å²) in [4.78, 5) is 27.1.